The van der Waals surface area contributed by atoms with Crippen LogP contribution in [-0.4, -0.2) is 15.6 Å². The highest BCUT2D eigenvalue weighted by Gasteiger charge is 2.08. The summed E-state index contributed by atoms with van der Waals surface area (Å²) in [6.07, 6.45) is 1.90. The first-order valence-corrected chi connectivity index (χ1v) is 5.95. The molecule has 0 aliphatic heterocycles. The molecule has 2 N–H and O–H groups in total. The van der Waals surface area contributed by atoms with Crippen molar-refractivity contribution in [2.75, 3.05) is 5.73 Å². The second-order valence-electron chi connectivity index (χ2n) is 4.67. The van der Waals surface area contributed by atoms with Crippen molar-refractivity contribution >= 4 is 11.5 Å². The van der Waals surface area contributed by atoms with E-state index in [2.05, 4.69) is 18.9 Å². The predicted molar refractivity (Wildman–Crippen MR) is 72.1 cm³/mol. The molecule has 0 bridgehead atoms. The maximum Gasteiger partial charge on any atom is 0.161 e. The molecule has 1 aromatic heterocycles. The standard InChI is InChI=1S/C14H17N3O/c1-9(2)14-6-7-17(16-14)11-4-5-12(10(3)18)13(15)8-11/h4-9H,15H2,1-3H3. The van der Waals surface area contributed by atoms with Gasteiger partial charge in [-0.25, -0.2) is 4.68 Å². The highest BCUT2D eigenvalue weighted by Crippen LogP contribution is 2.19. The van der Waals surface area contributed by atoms with Crippen molar-refractivity contribution in [1.29, 1.82) is 0 Å². The molecule has 1 aromatic carbocycles. The van der Waals surface area contributed by atoms with Crippen molar-refractivity contribution in [3.63, 3.8) is 0 Å². The lowest BCUT2D eigenvalue weighted by atomic mass is 10.1. The first-order valence-electron chi connectivity index (χ1n) is 5.95. The van der Waals surface area contributed by atoms with E-state index >= 15 is 0 Å². The average Bonchev–Trinajstić information content (AvgIpc) is 2.77. The van der Waals surface area contributed by atoms with E-state index in [1.165, 1.54) is 6.92 Å². The van der Waals surface area contributed by atoms with Crippen LogP contribution in [0.2, 0.25) is 0 Å². The number of benzene rings is 1. The number of anilines is 1. The van der Waals surface area contributed by atoms with Crippen molar-refractivity contribution in [2.45, 2.75) is 26.7 Å². The fraction of sp³-hybridized carbons (Fsp3) is 0.286. The molecule has 1 heterocycles. The molecule has 0 saturated carbocycles. The molecule has 0 saturated heterocycles. The van der Waals surface area contributed by atoms with Crippen molar-refractivity contribution < 1.29 is 4.79 Å². The number of nitrogens with two attached hydrogens (primary N) is 1. The van der Waals surface area contributed by atoms with Crippen LogP contribution in [0.4, 0.5) is 5.69 Å². The molecule has 0 radical (unpaired) electrons. The van der Waals surface area contributed by atoms with E-state index < -0.39 is 0 Å². The molecular formula is C14H17N3O. The maximum absolute atomic E-state index is 11.3. The van der Waals surface area contributed by atoms with Crippen molar-refractivity contribution in [1.82, 2.24) is 9.78 Å². The molecule has 0 amide bonds. The fourth-order valence-electron chi connectivity index (χ4n) is 1.80. The number of nitrogen functional groups attached to an aromatic ring is 1. The molecular weight excluding hydrogens is 226 g/mol. The minimum atomic E-state index is -0.0256. The minimum Gasteiger partial charge on any atom is -0.398 e. The second kappa shape index (κ2) is 4.64. The van der Waals surface area contributed by atoms with Gasteiger partial charge < -0.3 is 5.73 Å². The van der Waals surface area contributed by atoms with Crippen LogP contribution in [0.15, 0.2) is 30.5 Å². The highest BCUT2D eigenvalue weighted by atomic mass is 16.1. The summed E-state index contributed by atoms with van der Waals surface area (Å²) >= 11 is 0. The Morgan fingerprint density at radius 1 is 1.33 bits per heavy atom. The number of hydrogen-bond donors (Lipinski definition) is 1. The predicted octanol–water partition coefficient (Wildman–Crippen LogP) is 2.78. The summed E-state index contributed by atoms with van der Waals surface area (Å²) in [5.74, 6) is 0.363. The topological polar surface area (TPSA) is 60.9 Å². The lowest BCUT2D eigenvalue weighted by Crippen LogP contribution is -2.03. The summed E-state index contributed by atoms with van der Waals surface area (Å²) in [6, 6.07) is 7.35. The molecule has 0 aliphatic rings. The Balaban J connectivity index is 2.39. The Labute approximate surface area is 106 Å². The third-order valence-corrected chi connectivity index (χ3v) is 2.88. The van der Waals surface area contributed by atoms with Crippen molar-refractivity contribution in [2.24, 2.45) is 0 Å². The molecule has 2 rings (SSSR count). The van der Waals surface area contributed by atoms with Gasteiger partial charge in [0.15, 0.2) is 5.78 Å². The Morgan fingerprint density at radius 3 is 2.56 bits per heavy atom. The van der Waals surface area contributed by atoms with Gasteiger partial charge in [0, 0.05) is 17.4 Å². The Morgan fingerprint density at radius 2 is 2.06 bits per heavy atom. The number of Topliss-reactive ketones (excluding diaryl/α,β-unsaturated/α-hetero) is 1. The van der Waals surface area contributed by atoms with E-state index in [9.17, 15) is 4.79 Å². The van der Waals surface area contributed by atoms with Crippen LogP contribution in [0.25, 0.3) is 5.69 Å². The number of carbonyl (C=O) groups is 1. The number of hydrogen-bond acceptors (Lipinski definition) is 3. The number of carbonyl (C=O) groups excluding carboxylic acids is 1. The zero-order valence-corrected chi connectivity index (χ0v) is 10.8. The maximum atomic E-state index is 11.3. The summed E-state index contributed by atoms with van der Waals surface area (Å²) in [6.45, 7) is 5.70. The number of rotatable bonds is 3. The lowest BCUT2D eigenvalue weighted by Gasteiger charge is -2.06. The smallest absolute Gasteiger partial charge is 0.161 e. The lowest BCUT2D eigenvalue weighted by molar-refractivity contribution is 0.101. The molecule has 0 aliphatic carbocycles. The van der Waals surface area contributed by atoms with E-state index in [4.69, 9.17) is 5.73 Å². The fourth-order valence-corrected chi connectivity index (χ4v) is 1.80. The van der Waals surface area contributed by atoms with E-state index in [-0.39, 0.29) is 5.78 Å². The van der Waals surface area contributed by atoms with E-state index in [1.54, 1.807) is 16.8 Å². The van der Waals surface area contributed by atoms with Gasteiger partial charge in [-0.15, -0.1) is 0 Å². The summed E-state index contributed by atoms with van der Waals surface area (Å²) in [5, 5.41) is 4.47. The monoisotopic (exact) mass is 243 g/mol. The van der Waals surface area contributed by atoms with Crippen LogP contribution < -0.4 is 5.73 Å². The molecule has 18 heavy (non-hydrogen) atoms. The van der Waals surface area contributed by atoms with Crippen molar-refractivity contribution in [3.05, 3.63) is 41.7 Å². The third-order valence-electron chi connectivity index (χ3n) is 2.88. The third kappa shape index (κ3) is 2.27. The average molecular weight is 243 g/mol. The molecule has 0 atom stereocenters. The van der Waals surface area contributed by atoms with Gasteiger partial charge in [0.25, 0.3) is 0 Å². The molecule has 0 fully saturated rings. The quantitative estimate of drug-likeness (QED) is 0.666. The Hall–Kier alpha value is -2.10. The Bertz CT molecular complexity index is 584. The van der Waals surface area contributed by atoms with Crippen LogP contribution in [0.5, 0.6) is 0 Å². The largest absolute Gasteiger partial charge is 0.398 e. The van der Waals surface area contributed by atoms with Crippen LogP contribution in [0.1, 0.15) is 42.7 Å². The Kier molecular flexibility index (Phi) is 3.19. The summed E-state index contributed by atoms with van der Waals surface area (Å²) in [5.41, 5.74) is 8.80. The second-order valence-corrected chi connectivity index (χ2v) is 4.67. The van der Waals surface area contributed by atoms with Crippen LogP contribution in [-0.2, 0) is 0 Å². The van der Waals surface area contributed by atoms with Gasteiger partial charge in [-0.3, -0.25) is 4.79 Å². The summed E-state index contributed by atoms with van der Waals surface area (Å²) in [4.78, 5) is 11.3. The first kappa shape index (κ1) is 12.4. The van der Waals surface area contributed by atoms with E-state index in [1.807, 2.05) is 18.3 Å². The number of aromatic nitrogens is 2. The zero-order valence-electron chi connectivity index (χ0n) is 10.8. The molecule has 4 heteroatoms. The zero-order chi connectivity index (χ0) is 13.3. The molecule has 0 unspecified atom stereocenters. The normalized spacial score (nSPS) is 10.9. The van der Waals surface area contributed by atoms with E-state index in [0.29, 0.717) is 17.2 Å². The number of ketones is 1. The minimum absolute atomic E-state index is 0.0256. The molecule has 0 spiro atoms. The summed E-state index contributed by atoms with van der Waals surface area (Å²) in [7, 11) is 0. The van der Waals surface area contributed by atoms with Gasteiger partial charge in [-0.2, -0.15) is 5.10 Å². The molecule has 94 valence electrons. The molecule has 4 nitrogen and oxygen atoms in total. The van der Waals surface area contributed by atoms with E-state index in [0.717, 1.165) is 11.4 Å². The van der Waals surface area contributed by atoms with Gasteiger partial charge in [0.05, 0.1) is 11.4 Å². The van der Waals surface area contributed by atoms with Gasteiger partial charge in [0.2, 0.25) is 0 Å². The van der Waals surface area contributed by atoms with Crippen molar-refractivity contribution in [3.8, 4) is 5.69 Å². The van der Waals surface area contributed by atoms with Gasteiger partial charge in [-0.05, 0) is 37.1 Å². The van der Waals surface area contributed by atoms with Gasteiger partial charge in [0.1, 0.15) is 0 Å². The SMILES string of the molecule is CC(=O)c1ccc(-n2ccc(C(C)C)n2)cc1N. The van der Waals surface area contributed by atoms with Crippen LogP contribution in [0.3, 0.4) is 0 Å². The summed E-state index contributed by atoms with van der Waals surface area (Å²) < 4.78 is 1.77. The first-order chi connectivity index (χ1) is 8.49. The van der Waals surface area contributed by atoms with Crippen LogP contribution >= 0.6 is 0 Å². The van der Waals surface area contributed by atoms with Gasteiger partial charge in [-0.1, -0.05) is 13.8 Å². The van der Waals surface area contributed by atoms with Gasteiger partial charge >= 0.3 is 0 Å². The van der Waals surface area contributed by atoms with Crippen LogP contribution in [0, 0.1) is 0 Å². The highest BCUT2D eigenvalue weighted by molar-refractivity contribution is 5.99. The molecule has 2 aromatic rings. The number of nitrogens with zero attached hydrogens (tertiary/aromatic N) is 2.